The third-order valence-electron chi connectivity index (χ3n) is 5.41. The van der Waals surface area contributed by atoms with E-state index in [0.29, 0.717) is 5.92 Å². The van der Waals surface area contributed by atoms with Gasteiger partial charge in [-0.05, 0) is 49.9 Å². The Bertz CT molecular complexity index is 719. The van der Waals surface area contributed by atoms with Crippen LogP contribution in [0.25, 0.3) is 10.9 Å². The van der Waals surface area contributed by atoms with Gasteiger partial charge in [0.25, 0.3) is 0 Å². The average molecular weight is 294 g/mol. The van der Waals surface area contributed by atoms with Crippen LogP contribution >= 0.6 is 0 Å². The fourth-order valence-corrected chi connectivity index (χ4v) is 4.18. The first-order chi connectivity index (χ1) is 10.8. The lowest BCUT2D eigenvalue weighted by Crippen LogP contribution is -2.52. The van der Waals surface area contributed by atoms with Crippen molar-refractivity contribution in [2.45, 2.75) is 31.9 Å². The van der Waals surface area contributed by atoms with E-state index in [2.05, 4.69) is 29.0 Å². The number of para-hydroxylation sites is 1. The third-order valence-corrected chi connectivity index (χ3v) is 5.41. The largest absolute Gasteiger partial charge is 0.387 e. The standard InChI is InChI=1S/C19H22N2O/c1-2-13-12-21-10-8-14(13)11-18(21)19(22)16-7-9-20-17-6-4-3-5-15(16)17/h2-7,9,14,18-19,22H,8,10-12H2,1H3/b13-2+/t14-,18+,19-/m0/s1. The Morgan fingerprint density at radius 1 is 1.32 bits per heavy atom. The second-order valence-electron chi connectivity index (χ2n) is 6.48. The second-order valence-corrected chi connectivity index (χ2v) is 6.48. The van der Waals surface area contributed by atoms with Crippen LogP contribution in [0.1, 0.15) is 31.4 Å². The lowest BCUT2D eigenvalue weighted by molar-refractivity contribution is -0.00340. The molecule has 4 atom stereocenters. The lowest BCUT2D eigenvalue weighted by Gasteiger charge is -2.48. The van der Waals surface area contributed by atoms with Gasteiger partial charge in [0, 0.05) is 24.2 Å². The van der Waals surface area contributed by atoms with Gasteiger partial charge in [0.15, 0.2) is 0 Å². The number of aliphatic hydroxyl groups excluding tert-OH is 1. The fourth-order valence-electron chi connectivity index (χ4n) is 4.18. The molecule has 2 bridgehead atoms. The van der Waals surface area contributed by atoms with Gasteiger partial charge in [-0.25, -0.2) is 0 Å². The summed E-state index contributed by atoms with van der Waals surface area (Å²) in [5.41, 5.74) is 3.53. The van der Waals surface area contributed by atoms with E-state index < -0.39 is 6.10 Å². The van der Waals surface area contributed by atoms with Crippen molar-refractivity contribution in [3.05, 3.63) is 53.7 Å². The number of hydrogen-bond acceptors (Lipinski definition) is 3. The number of aromatic nitrogens is 1. The summed E-state index contributed by atoms with van der Waals surface area (Å²) in [7, 11) is 0. The number of piperidine rings is 3. The van der Waals surface area contributed by atoms with Crippen LogP contribution in [0.4, 0.5) is 0 Å². The Balaban J connectivity index is 1.68. The SMILES string of the molecule is C/C=C1\CN2CC[C@H]1C[C@@H]2[C@@H](O)c1ccnc2ccccc12. The summed E-state index contributed by atoms with van der Waals surface area (Å²) >= 11 is 0. The fraction of sp³-hybridized carbons (Fsp3) is 0.421. The van der Waals surface area contributed by atoms with Crippen molar-refractivity contribution in [2.75, 3.05) is 13.1 Å². The van der Waals surface area contributed by atoms with Crippen molar-refractivity contribution in [1.29, 1.82) is 0 Å². The van der Waals surface area contributed by atoms with E-state index in [4.69, 9.17) is 0 Å². The zero-order chi connectivity index (χ0) is 15.1. The van der Waals surface area contributed by atoms with E-state index in [0.717, 1.165) is 36.0 Å². The minimum atomic E-state index is -0.436. The number of allylic oxidation sites excluding steroid dienone is 1. The maximum Gasteiger partial charge on any atom is 0.0952 e. The molecule has 0 spiro atoms. The molecule has 5 rings (SSSR count). The summed E-state index contributed by atoms with van der Waals surface area (Å²) in [6, 6.07) is 10.3. The highest BCUT2D eigenvalue weighted by Crippen LogP contribution is 2.41. The van der Waals surface area contributed by atoms with Crippen LogP contribution in [0.3, 0.4) is 0 Å². The predicted molar refractivity (Wildman–Crippen MR) is 88.5 cm³/mol. The zero-order valence-corrected chi connectivity index (χ0v) is 12.9. The summed E-state index contributed by atoms with van der Waals surface area (Å²) in [6.07, 6.45) is 5.95. The number of nitrogens with zero attached hydrogens (tertiary/aromatic N) is 2. The normalized spacial score (nSPS) is 30.8. The van der Waals surface area contributed by atoms with Crippen LogP contribution in [0.2, 0.25) is 0 Å². The molecule has 1 aromatic heterocycles. The van der Waals surface area contributed by atoms with Crippen LogP contribution in [-0.2, 0) is 0 Å². The van der Waals surface area contributed by atoms with Crippen molar-refractivity contribution in [3.8, 4) is 0 Å². The first-order valence-corrected chi connectivity index (χ1v) is 8.19. The van der Waals surface area contributed by atoms with Gasteiger partial charge in [-0.15, -0.1) is 0 Å². The number of rotatable bonds is 2. The molecule has 1 N–H and O–H groups in total. The van der Waals surface area contributed by atoms with E-state index in [-0.39, 0.29) is 6.04 Å². The molecule has 0 saturated carbocycles. The maximum atomic E-state index is 11.0. The van der Waals surface area contributed by atoms with Crippen LogP contribution in [0.15, 0.2) is 48.2 Å². The monoisotopic (exact) mass is 294 g/mol. The van der Waals surface area contributed by atoms with Gasteiger partial charge in [-0.3, -0.25) is 9.88 Å². The number of aliphatic hydroxyl groups is 1. The summed E-state index contributed by atoms with van der Waals surface area (Å²) in [5, 5.41) is 12.1. The Kier molecular flexibility index (Phi) is 3.47. The van der Waals surface area contributed by atoms with Gasteiger partial charge in [0.2, 0.25) is 0 Å². The van der Waals surface area contributed by atoms with Crippen molar-refractivity contribution in [2.24, 2.45) is 5.92 Å². The molecule has 2 aromatic rings. The summed E-state index contributed by atoms with van der Waals surface area (Å²) in [4.78, 5) is 6.86. The molecule has 1 unspecified atom stereocenters. The molecule has 3 heteroatoms. The molecule has 3 saturated heterocycles. The smallest absolute Gasteiger partial charge is 0.0952 e. The predicted octanol–water partition coefficient (Wildman–Crippen LogP) is 3.31. The van der Waals surface area contributed by atoms with Crippen LogP contribution in [0.5, 0.6) is 0 Å². The van der Waals surface area contributed by atoms with E-state index in [1.807, 2.05) is 30.5 Å². The van der Waals surface area contributed by atoms with E-state index in [9.17, 15) is 5.11 Å². The zero-order valence-electron chi connectivity index (χ0n) is 12.9. The maximum absolute atomic E-state index is 11.0. The molecule has 0 amide bonds. The van der Waals surface area contributed by atoms with Crippen molar-refractivity contribution in [3.63, 3.8) is 0 Å². The highest BCUT2D eigenvalue weighted by Gasteiger charge is 2.40. The molecule has 22 heavy (non-hydrogen) atoms. The summed E-state index contributed by atoms with van der Waals surface area (Å²) in [5.74, 6) is 0.655. The summed E-state index contributed by atoms with van der Waals surface area (Å²) in [6.45, 7) is 4.26. The highest BCUT2D eigenvalue weighted by atomic mass is 16.3. The Morgan fingerprint density at radius 3 is 2.95 bits per heavy atom. The van der Waals surface area contributed by atoms with Crippen molar-refractivity contribution < 1.29 is 5.11 Å². The number of hydrogen-bond donors (Lipinski definition) is 1. The minimum Gasteiger partial charge on any atom is -0.387 e. The molecule has 3 nitrogen and oxygen atoms in total. The van der Waals surface area contributed by atoms with Gasteiger partial charge in [-0.1, -0.05) is 29.8 Å². The minimum absolute atomic E-state index is 0.230. The first kappa shape index (κ1) is 13.9. The lowest BCUT2D eigenvalue weighted by atomic mass is 9.76. The number of benzene rings is 1. The molecule has 4 heterocycles. The van der Waals surface area contributed by atoms with E-state index >= 15 is 0 Å². The van der Waals surface area contributed by atoms with Crippen LogP contribution in [0, 0.1) is 5.92 Å². The Labute approximate surface area is 131 Å². The van der Waals surface area contributed by atoms with Gasteiger partial charge in [-0.2, -0.15) is 0 Å². The Morgan fingerprint density at radius 2 is 2.18 bits per heavy atom. The molecule has 3 aliphatic heterocycles. The molecular weight excluding hydrogens is 272 g/mol. The Hall–Kier alpha value is -1.71. The average Bonchev–Trinajstić information content (AvgIpc) is 2.60. The topological polar surface area (TPSA) is 36.4 Å². The molecule has 1 aromatic carbocycles. The number of pyridine rings is 1. The second kappa shape index (κ2) is 5.49. The molecule has 0 aliphatic carbocycles. The summed E-state index contributed by atoms with van der Waals surface area (Å²) < 4.78 is 0. The molecule has 114 valence electrons. The highest BCUT2D eigenvalue weighted by molar-refractivity contribution is 5.82. The molecule has 0 radical (unpaired) electrons. The van der Waals surface area contributed by atoms with Gasteiger partial charge >= 0.3 is 0 Å². The van der Waals surface area contributed by atoms with Gasteiger partial charge in [0.05, 0.1) is 11.6 Å². The van der Waals surface area contributed by atoms with Gasteiger partial charge in [0.1, 0.15) is 0 Å². The van der Waals surface area contributed by atoms with Crippen molar-refractivity contribution >= 4 is 10.9 Å². The van der Waals surface area contributed by atoms with E-state index in [1.54, 1.807) is 5.57 Å². The van der Waals surface area contributed by atoms with Crippen LogP contribution in [-0.4, -0.2) is 34.1 Å². The van der Waals surface area contributed by atoms with Gasteiger partial charge < -0.3 is 5.11 Å². The quantitative estimate of drug-likeness (QED) is 0.863. The van der Waals surface area contributed by atoms with E-state index in [1.165, 1.54) is 6.42 Å². The molecular formula is C19H22N2O. The first-order valence-electron chi connectivity index (χ1n) is 8.19. The van der Waals surface area contributed by atoms with Crippen LogP contribution < -0.4 is 0 Å². The van der Waals surface area contributed by atoms with Crippen molar-refractivity contribution in [1.82, 2.24) is 9.88 Å². The molecule has 3 aliphatic rings. The third kappa shape index (κ3) is 2.16. The molecule has 3 fully saturated rings. The number of fused-ring (bicyclic) bond motifs is 4.